The van der Waals surface area contributed by atoms with Crippen LogP contribution in [0.15, 0.2) is 18.2 Å². The highest BCUT2D eigenvalue weighted by molar-refractivity contribution is 5.73. The van der Waals surface area contributed by atoms with Crippen LogP contribution in [0.5, 0.6) is 0 Å². The lowest BCUT2D eigenvalue weighted by atomic mass is 10.0. The Morgan fingerprint density at radius 1 is 1.33 bits per heavy atom. The summed E-state index contributed by atoms with van der Waals surface area (Å²) in [6.45, 7) is 5.79. The number of hydrogen-bond acceptors (Lipinski definition) is 4. The Balaban J connectivity index is 2.14. The Bertz CT molecular complexity index is 556. The van der Waals surface area contributed by atoms with Crippen molar-refractivity contribution in [1.29, 1.82) is 0 Å². The van der Waals surface area contributed by atoms with Crippen molar-refractivity contribution >= 4 is 11.6 Å². The molecule has 1 amide bonds. The molecule has 1 heterocycles. The van der Waals surface area contributed by atoms with E-state index in [1.807, 2.05) is 11.8 Å². The van der Waals surface area contributed by atoms with Crippen LogP contribution in [-0.4, -0.2) is 46.8 Å². The van der Waals surface area contributed by atoms with Crippen molar-refractivity contribution in [2.45, 2.75) is 19.9 Å². The molecule has 0 aromatic heterocycles. The summed E-state index contributed by atoms with van der Waals surface area (Å²) in [7, 11) is 0. The molecule has 6 nitrogen and oxygen atoms in total. The van der Waals surface area contributed by atoms with E-state index in [9.17, 15) is 19.3 Å². The predicted octanol–water partition coefficient (Wildman–Crippen LogP) is 1.96. The van der Waals surface area contributed by atoms with E-state index < -0.39 is 16.4 Å². The summed E-state index contributed by atoms with van der Waals surface area (Å²) in [4.78, 5) is 25.2. The molecule has 0 bridgehead atoms. The predicted molar refractivity (Wildman–Crippen MR) is 75.3 cm³/mol. The number of rotatable bonds is 3. The Kier molecular flexibility index (Phi) is 4.52. The minimum atomic E-state index is -0.774. The van der Waals surface area contributed by atoms with Gasteiger partial charge in [0, 0.05) is 50.8 Å². The first-order valence-electron chi connectivity index (χ1n) is 6.84. The first-order valence-corrected chi connectivity index (χ1v) is 6.84. The van der Waals surface area contributed by atoms with Gasteiger partial charge in [0.1, 0.15) is 0 Å². The van der Waals surface area contributed by atoms with Gasteiger partial charge in [-0.1, -0.05) is 12.1 Å². The minimum absolute atomic E-state index is 0.0313. The molecule has 0 unspecified atom stereocenters. The maximum Gasteiger partial charge on any atom is 0.305 e. The second-order valence-corrected chi connectivity index (χ2v) is 5.16. The van der Waals surface area contributed by atoms with Gasteiger partial charge in [-0.05, 0) is 6.92 Å². The van der Waals surface area contributed by atoms with Gasteiger partial charge in [-0.3, -0.25) is 19.8 Å². The van der Waals surface area contributed by atoms with Crippen molar-refractivity contribution < 1.29 is 14.1 Å². The number of halogens is 1. The summed E-state index contributed by atoms with van der Waals surface area (Å²) in [5.41, 5.74) is -0.179. The maximum absolute atomic E-state index is 14.2. The third-order valence-corrected chi connectivity index (χ3v) is 3.96. The zero-order valence-electron chi connectivity index (χ0n) is 12.1. The lowest BCUT2D eigenvalue weighted by Crippen LogP contribution is -2.48. The van der Waals surface area contributed by atoms with Gasteiger partial charge in [0.2, 0.25) is 11.7 Å². The van der Waals surface area contributed by atoms with Crippen molar-refractivity contribution in [3.05, 3.63) is 39.7 Å². The number of nitro groups is 1. The quantitative estimate of drug-likeness (QED) is 0.631. The third kappa shape index (κ3) is 3.18. The van der Waals surface area contributed by atoms with Crippen molar-refractivity contribution in [2.24, 2.45) is 0 Å². The van der Waals surface area contributed by atoms with Crippen LogP contribution in [-0.2, 0) is 4.79 Å². The number of carbonyl (C=O) groups is 1. The molecule has 114 valence electrons. The molecule has 1 fully saturated rings. The van der Waals surface area contributed by atoms with Gasteiger partial charge in [0.05, 0.1) is 4.92 Å². The third-order valence-electron chi connectivity index (χ3n) is 3.96. The average molecular weight is 295 g/mol. The highest BCUT2D eigenvalue weighted by Crippen LogP contribution is 2.28. The van der Waals surface area contributed by atoms with E-state index in [0.29, 0.717) is 31.7 Å². The number of nitrogens with zero attached hydrogens (tertiary/aromatic N) is 3. The Hall–Kier alpha value is -2.02. The molecule has 0 saturated carbocycles. The standard InChI is InChI=1S/C14H18FN3O3/c1-10(16-6-8-17(9-7-16)11(2)19)12-4-3-5-13(14(12)15)18(20)21/h3-5,10H,6-9H2,1-2H3/t10-/m0/s1. The van der Waals surface area contributed by atoms with E-state index in [4.69, 9.17) is 0 Å². The van der Waals surface area contributed by atoms with Crippen LogP contribution < -0.4 is 0 Å². The second-order valence-electron chi connectivity index (χ2n) is 5.16. The van der Waals surface area contributed by atoms with E-state index in [0.717, 1.165) is 0 Å². The number of benzene rings is 1. The van der Waals surface area contributed by atoms with Gasteiger partial charge in [0.25, 0.3) is 0 Å². The van der Waals surface area contributed by atoms with E-state index in [-0.39, 0.29) is 11.9 Å². The van der Waals surface area contributed by atoms with E-state index >= 15 is 0 Å². The van der Waals surface area contributed by atoms with Gasteiger partial charge >= 0.3 is 5.69 Å². The summed E-state index contributed by atoms with van der Waals surface area (Å²) >= 11 is 0. The maximum atomic E-state index is 14.2. The fourth-order valence-electron chi connectivity index (χ4n) is 2.62. The second kappa shape index (κ2) is 6.17. The molecule has 7 heteroatoms. The summed E-state index contributed by atoms with van der Waals surface area (Å²) in [6, 6.07) is 3.97. The Morgan fingerprint density at radius 2 is 1.95 bits per heavy atom. The van der Waals surface area contributed by atoms with Crippen molar-refractivity contribution in [2.75, 3.05) is 26.2 Å². The Morgan fingerprint density at radius 3 is 2.48 bits per heavy atom. The SMILES string of the molecule is CC(=O)N1CCN([C@@H](C)c2cccc([N+](=O)[O-])c2F)CC1. The molecular weight excluding hydrogens is 277 g/mol. The fourth-order valence-corrected chi connectivity index (χ4v) is 2.62. The van der Waals surface area contributed by atoms with Gasteiger partial charge in [-0.2, -0.15) is 4.39 Å². The highest BCUT2D eigenvalue weighted by atomic mass is 19.1. The van der Waals surface area contributed by atoms with Crippen LogP contribution in [0.1, 0.15) is 25.5 Å². The largest absolute Gasteiger partial charge is 0.340 e. The van der Waals surface area contributed by atoms with E-state index in [1.54, 1.807) is 11.0 Å². The smallest absolute Gasteiger partial charge is 0.305 e. The van der Waals surface area contributed by atoms with Gasteiger partial charge in [-0.15, -0.1) is 0 Å². The lowest BCUT2D eigenvalue weighted by molar-refractivity contribution is -0.387. The average Bonchev–Trinajstić information content (AvgIpc) is 2.46. The first kappa shape index (κ1) is 15.4. The number of amides is 1. The molecule has 1 aliphatic rings. The molecule has 0 N–H and O–H groups in total. The van der Waals surface area contributed by atoms with Crippen LogP contribution >= 0.6 is 0 Å². The highest BCUT2D eigenvalue weighted by Gasteiger charge is 2.27. The number of piperazine rings is 1. The molecule has 0 radical (unpaired) electrons. The number of hydrogen-bond donors (Lipinski definition) is 0. The summed E-state index contributed by atoms with van der Waals surface area (Å²) in [5.74, 6) is -0.743. The molecular formula is C14H18FN3O3. The van der Waals surface area contributed by atoms with E-state index in [2.05, 4.69) is 0 Å². The molecule has 1 saturated heterocycles. The zero-order valence-corrected chi connectivity index (χ0v) is 12.1. The summed E-state index contributed by atoms with van der Waals surface area (Å²) in [6.07, 6.45) is 0. The lowest BCUT2D eigenvalue weighted by Gasteiger charge is -2.37. The van der Waals surface area contributed by atoms with Gasteiger partial charge in [0.15, 0.2) is 0 Å². The fraction of sp³-hybridized carbons (Fsp3) is 0.500. The van der Waals surface area contributed by atoms with Gasteiger partial charge < -0.3 is 4.90 Å². The van der Waals surface area contributed by atoms with Crippen LogP contribution in [0.25, 0.3) is 0 Å². The summed E-state index contributed by atoms with van der Waals surface area (Å²) < 4.78 is 14.2. The topological polar surface area (TPSA) is 66.7 Å². The van der Waals surface area contributed by atoms with Crippen molar-refractivity contribution in [3.8, 4) is 0 Å². The van der Waals surface area contributed by atoms with Crippen LogP contribution in [0.3, 0.4) is 0 Å². The minimum Gasteiger partial charge on any atom is -0.340 e. The van der Waals surface area contributed by atoms with Crippen LogP contribution in [0, 0.1) is 15.9 Å². The number of carbonyl (C=O) groups excluding carboxylic acids is 1. The van der Waals surface area contributed by atoms with Crippen molar-refractivity contribution in [1.82, 2.24) is 9.80 Å². The van der Waals surface area contributed by atoms with E-state index in [1.165, 1.54) is 19.1 Å². The molecule has 1 aromatic carbocycles. The molecule has 1 aliphatic heterocycles. The normalized spacial score (nSPS) is 17.6. The van der Waals surface area contributed by atoms with Crippen molar-refractivity contribution in [3.63, 3.8) is 0 Å². The molecule has 0 spiro atoms. The Labute approximate surface area is 122 Å². The molecule has 0 aliphatic carbocycles. The molecule has 1 aromatic rings. The molecule has 2 rings (SSSR count). The number of nitro benzene ring substituents is 1. The zero-order chi connectivity index (χ0) is 15.6. The first-order chi connectivity index (χ1) is 9.91. The van der Waals surface area contributed by atoms with Crippen LogP contribution in [0.4, 0.5) is 10.1 Å². The molecule has 1 atom stereocenters. The summed E-state index contributed by atoms with van der Waals surface area (Å²) in [5, 5.41) is 10.8. The van der Waals surface area contributed by atoms with Crippen LogP contribution in [0.2, 0.25) is 0 Å². The monoisotopic (exact) mass is 295 g/mol. The van der Waals surface area contributed by atoms with Gasteiger partial charge in [-0.25, -0.2) is 0 Å². The molecule has 21 heavy (non-hydrogen) atoms.